The molecule has 0 aliphatic carbocycles. The molecule has 2 rings (SSSR count). The number of rotatable bonds is 6. The van der Waals surface area contributed by atoms with Gasteiger partial charge in [-0.1, -0.05) is 13.8 Å². The average molecular weight is 320 g/mol. The molecule has 0 spiro atoms. The summed E-state index contributed by atoms with van der Waals surface area (Å²) in [6, 6.07) is 4.43. The first-order valence-electron chi connectivity index (χ1n) is 7.79. The number of carbonyl (C=O) groups is 2. The highest BCUT2D eigenvalue weighted by atomic mass is 16.5. The van der Waals surface area contributed by atoms with Crippen LogP contribution >= 0.6 is 0 Å². The summed E-state index contributed by atoms with van der Waals surface area (Å²) in [6.45, 7) is 5.39. The van der Waals surface area contributed by atoms with Crippen molar-refractivity contribution < 1.29 is 19.1 Å². The Bertz CT molecular complexity index is 560. The minimum absolute atomic E-state index is 0.0135. The first-order valence-corrected chi connectivity index (χ1v) is 7.79. The van der Waals surface area contributed by atoms with Gasteiger partial charge in [-0.3, -0.25) is 9.59 Å². The normalized spacial score (nSPS) is 14.9. The summed E-state index contributed by atoms with van der Waals surface area (Å²) in [5.41, 5.74) is 0.406. The van der Waals surface area contributed by atoms with E-state index in [2.05, 4.69) is 5.32 Å². The molecule has 2 amide bonds. The number of hydrogen-bond donors (Lipinski definition) is 1. The molecule has 1 saturated heterocycles. The molecule has 6 nitrogen and oxygen atoms in total. The lowest BCUT2D eigenvalue weighted by Gasteiger charge is -2.35. The van der Waals surface area contributed by atoms with Gasteiger partial charge in [0.2, 0.25) is 5.91 Å². The first-order chi connectivity index (χ1) is 11.0. The molecule has 0 saturated carbocycles. The summed E-state index contributed by atoms with van der Waals surface area (Å²) in [5, 5.41) is 2.84. The number of hydrogen-bond acceptors (Lipinski definition) is 4. The second-order valence-electron chi connectivity index (χ2n) is 5.98. The molecule has 23 heavy (non-hydrogen) atoms. The van der Waals surface area contributed by atoms with Crippen molar-refractivity contribution in [2.24, 2.45) is 5.92 Å². The van der Waals surface area contributed by atoms with Crippen molar-refractivity contribution in [2.75, 3.05) is 27.3 Å². The fourth-order valence-electron chi connectivity index (χ4n) is 2.41. The van der Waals surface area contributed by atoms with Gasteiger partial charge in [0.05, 0.1) is 14.2 Å². The zero-order chi connectivity index (χ0) is 17.0. The Morgan fingerprint density at radius 3 is 2.04 bits per heavy atom. The van der Waals surface area contributed by atoms with Crippen molar-refractivity contribution in [1.82, 2.24) is 10.2 Å². The van der Waals surface area contributed by atoms with Crippen LogP contribution in [0.2, 0.25) is 0 Å². The number of methoxy groups -OCH3 is 2. The molecule has 0 aromatic heterocycles. The van der Waals surface area contributed by atoms with Crippen molar-refractivity contribution in [2.45, 2.75) is 26.3 Å². The number of nitrogens with zero attached hydrogens (tertiary/aromatic N) is 1. The summed E-state index contributed by atoms with van der Waals surface area (Å²) in [4.78, 5) is 26.8. The highest BCUT2D eigenvalue weighted by Gasteiger charge is 2.31. The Kier molecular flexibility index (Phi) is 5.47. The van der Waals surface area contributed by atoms with Gasteiger partial charge in [0.15, 0.2) is 0 Å². The summed E-state index contributed by atoms with van der Waals surface area (Å²) >= 11 is 0. The minimum Gasteiger partial charge on any atom is -0.497 e. The largest absolute Gasteiger partial charge is 0.497 e. The van der Waals surface area contributed by atoms with Gasteiger partial charge in [-0.25, -0.2) is 0 Å². The molecule has 1 atom stereocenters. The van der Waals surface area contributed by atoms with Gasteiger partial charge in [-0.2, -0.15) is 0 Å². The van der Waals surface area contributed by atoms with Crippen LogP contribution < -0.4 is 14.8 Å². The Morgan fingerprint density at radius 1 is 1.09 bits per heavy atom. The molecule has 1 aliphatic rings. The summed E-state index contributed by atoms with van der Waals surface area (Å²) in [6.07, 6.45) is 1.03. The fraction of sp³-hybridized carbons (Fsp3) is 0.529. The smallest absolute Gasteiger partial charge is 0.252 e. The van der Waals surface area contributed by atoms with E-state index in [1.165, 1.54) is 14.2 Å². The molecular weight excluding hydrogens is 296 g/mol. The third-order valence-corrected chi connectivity index (χ3v) is 4.00. The topological polar surface area (TPSA) is 67.9 Å². The third kappa shape index (κ3) is 3.94. The van der Waals surface area contributed by atoms with Gasteiger partial charge in [-0.15, -0.1) is 0 Å². The van der Waals surface area contributed by atoms with Crippen molar-refractivity contribution in [3.05, 3.63) is 23.8 Å². The Hall–Kier alpha value is -2.24. The maximum Gasteiger partial charge on any atom is 0.252 e. The average Bonchev–Trinajstić information content (AvgIpc) is 2.49. The monoisotopic (exact) mass is 320 g/mol. The van der Waals surface area contributed by atoms with Crippen molar-refractivity contribution in [3.8, 4) is 11.5 Å². The minimum atomic E-state index is -0.528. The van der Waals surface area contributed by atoms with Crippen LogP contribution in [0.15, 0.2) is 18.2 Å². The Morgan fingerprint density at radius 2 is 1.65 bits per heavy atom. The number of amides is 2. The maximum atomic E-state index is 12.5. The van der Waals surface area contributed by atoms with Crippen molar-refractivity contribution in [3.63, 3.8) is 0 Å². The lowest BCUT2D eigenvalue weighted by atomic mass is 10.0. The molecule has 1 fully saturated rings. The zero-order valence-corrected chi connectivity index (χ0v) is 14.1. The molecule has 0 radical (unpaired) electrons. The van der Waals surface area contributed by atoms with Gasteiger partial charge in [0, 0.05) is 24.7 Å². The van der Waals surface area contributed by atoms with Crippen LogP contribution in [0.25, 0.3) is 0 Å². The molecule has 6 heteroatoms. The van der Waals surface area contributed by atoms with E-state index in [0.29, 0.717) is 17.1 Å². The van der Waals surface area contributed by atoms with Gasteiger partial charge in [0.1, 0.15) is 17.5 Å². The molecule has 0 bridgehead atoms. The van der Waals surface area contributed by atoms with Crippen LogP contribution in [0.5, 0.6) is 11.5 Å². The summed E-state index contributed by atoms with van der Waals surface area (Å²) < 4.78 is 10.4. The highest BCUT2D eigenvalue weighted by Crippen LogP contribution is 2.23. The van der Waals surface area contributed by atoms with Crippen molar-refractivity contribution in [1.29, 1.82) is 0 Å². The lowest BCUT2D eigenvalue weighted by molar-refractivity contribution is -0.137. The van der Waals surface area contributed by atoms with E-state index in [9.17, 15) is 9.59 Å². The molecule has 126 valence electrons. The van der Waals surface area contributed by atoms with Crippen LogP contribution in [0.4, 0.5) is 0 Å². The standard InChI is InChI=1S/C17H24N2O4/c1-11(2)15(17(21)19-6-5-7-19)18-16(20)12-8-13(22-3)10-14(9-12)23-4/h8-11,15H,5-7H2,1-4H3,(H,18,20)/t15-/m0/s1. The van der Waals surface area contributed by atoms with Crippen molar-refractivity contribution >= 4 is 11.8 Å². The van der Waals surface area contributed by atoms with Crippen LogP contribution in [-0.2, 0) is 4.79 Å². The molecule has 1 aromatic rings. The van der Waals surface area contributed by atoms with E-state index in [4.69, 9.17) is 9.47 Å². The van der Waals surface area contributed by atoms with E-state index in [1.54, 1.807) is 23.1 Å². The van der Waals surface area contributed by atoms with E-state index in [0.717, 1.165) is 19.5 Å². The third-order valence-electron chi connectivity index (χ3n) is 4.00. The summed E-state index contributed by atoms with van der Waals surface area (Å²) in [5.74, 6) is 0.748. The maximum absolute atomic E-state index is 12.5. The SMILES string of the molecule is COc1cc(OC)cc(C(=O)N[C@H](C(=O)N2CCC2)C(C)C)c1. The van der Waals surface area contributed by atoms with Gasteiger partial charge >= 0.3 is 0 Å². The molecular formula is C17H24N2O4. The molecule has 1 aliphatic heterocycles. The summed E-state index contributed by atoms with van der Waals surface area (Å²) in [7, 11) is 3.06. The zero-order valence-electron chi connectivity index (χ0n) is 14.1. The molecule has 1 N–H and O–H groups in total. The van der Waals surface area contributed by atoms with Gasteiger partial charge < -0.3 is 19.7 Å². The van der Waals surface area contributed by atoms with Crippen LogP contribution in [-0.4, -0.2) is 50.1 Å². The number of likely N-dealkylation sites (tertiary alicyclic amines) is 1. The molecule has 0 unspecified atom stereocenters. The van der Waals surface area contributed by atoms with Gasteiger partial charge in [0.25, 0.3) is 5.91 Å². The number of benzene rings is 1. The fourth-order valence-corrected chi connectivity index (χ4v) is 2.41. The predicted octanol–water partition coefficient (Wildman–Crippen LogP) is 1.69. The highest BCUT2D eigenvalue weighted by molar-refractivity contribution is 5.98. The van der Waals surface area contributed by atoms with E-state index < -0.39 is 6.04 Å². The van der Waals surface area contributed by atoms with E-state index >= 15 is 0 Å². The Balaban J connectivity index is 2.16. The quantitative estimate of drug-likeness (QED) is 0.866. The molecule has 1 heterocycles. The van der Waals surface area contributed by atoms with E-state index in [1.807, 2.05) is 13.8 Å². The Labute approximate surface area is 136 Å². The van der Waals surface area contributed by atoms with Crippen LogP contribution in [0, 0.1) is 5.92 Å². The number of nitrogens with one attached hydrogen (secondary N) is 1. The van der Waals surface area contributed by atoms with Gasteiger partial charge in [-0.05, 0) is 24.5 Å². The number of ether oxygens (including phenoxy) is 2. The first kappa shape index (κ1) is 17.1. The lowest BCUT2D eigenvalue weighted by Crippen LogP contribution is -2.55. The van der Waals surface area contributed by atoms with Crippen LogP contribution in [0.3, 0.4) is 0 Å². The van der Waals surface area contributed by atoms with E-state index in [-0.39, 0.29) is 17.7 Å². The number of carbonyl (C=O) groups excluding carboxylic acids is 2. The molecule has 1 aromatic carbocycles. The van der Waals surface area contributed by atoms with Crippen LogP contribution in [0.1, 0.15) is 30.6 Å². The predicted molar refractivity (Wildman–Crippen MR) is 86.8 cm³/mol. The second kappa shape index (κ2) is 7.35. The second-order valence-corrected chi connectivity index (χ2v) is 5.98.